The van der Waals surface area contributed by atoms with Crippen molar-refractivity contribution in [2.75, 3.05) is 39.8 Å². The summed E-state index contributed by atoms with van der Waals surface area (Å²) in [5, 5.41) is 20.8. The maximum atomic E-state index is 9.10. The second kappa shape index (κ2) is 10.3. The predicted molar refractivity (Wildman–Crippen MR) is 52.9 cm³/mol. The number of carboxylic acid groups (broad SMARTS) is 2. The summed E-state index contributed by atoms with van der Waals surface area (Å²) < 4.78 is 9.67. The molecule has 0 aromatic carbocycles. The summed E-state index contributed by atoms with van der Waals surface area (Å²) in [5.74, 6) is -3.65. The highest BCUT2D eigenvalue weighted by Gasteiger charge is 2.04. The number of nitrogens with one attached hydrogen (secondary N) is 2. The maximum absolute atomic E-state index is 9.10. The minimum absolute atomic E-state index is 0.750. The molecule has 2 heterocycles. The average Bonchev–Trinajstić information content (AvgIpc) is 2.97. The summed E-state index contributed by atoms with van der Waals surface area (Å²) in [4.78, 5) is 18.2. The van der Waals surface area contributed by atoms with Crippen LogP contribution in [0.1, 0.15) is 0 Å². The Hall–Kier alpha value is -1.22. The van der Waals surface area contributed by atoms with E-state index in [-0.39, 0.29) is 0 Å². The van der Waals surface area contributed by atoms with Crippen molar-refractivity contribution in [2.45, 2.75) is 0 Å². The fraction of sp³-hybridized carbons (Fsp3) is 0.750. The summed E-state index contributed by atoms with van der Waals surface area (Å²) in [7, 11) is 0. The van der Waals surface area contributed by atoms with Gasteiger partial charge in [-0.25, -0.2) is 9.59 Å². The van der Waals surface area contributed by atoms with Crippen molar-refractivity contribution < 1.29 is 29.3 Å². The van der Waals surface area contributed by atoms with E-state index in [1.807, 2.05) is 0 Å². The van der Waals surface area contributed by atoms with Crippen LogP contribution < -0.4 is 10.6 Å². The zero-order chi connectivity index (χ0) is 12.2. The molecule has 2 saturated heterocycles. The molecule has 8 nitrogen and oxygen atoms in total. The molecule has 0 saturated carbocycles. The van der Waals surface area contributed by atoms with Crippen molar-refractivity contribution in [1.29, 1.82) is 0 Å². The summed E-state index contributed by atoms with van der Waals surface area (Å²) in [6, 6.07) is 0. The van der Waals surface area contributed by atoms with E-state index < -0.39 is 11.9 Å². The molecule has 16 heavy (non-hydrogen) atoms. The van der Waals surface area contributed by atoms with Gasteiger partial charge in [-0.1, -0.05) is 0 Å². The fourth-order valence-corrected chi connectivity index (χ4v) is 0.722. The van der Waals surface area contributed by atoms with Crippen molar-refractivity contribution in [1.82, 2.24) is 10.6 Å². The molecule has 8 heteroatoms. The Bertz CT molecular complexity index is 165. The number of carbonyl (C=O) groups is 2. The normalized spacial score (nSPS) is 17.8. The van der Waals surface area contributed by atoms with Gasteiger partial charge in [0.1, 0.15) is 0 Å². The van der Waals surface area contributed by atoms with Gasteiger partial charge in [-0.15, -0.1) is 0 Å². The van der Waals surface area contributed by atoms with Gasteiger partial charge in [0.05, 0.1) is 26.7 Å². The highest BCUT2D eigenvalue weighted by Crippen LogP contribution is 1.75. The number of rotatable bonds is 0. The monoisotopic (exact) mass is 236 g/mol. The van der Waals surface area contributed by atoms with Gasteiger partial charge >= 0.3 is 11.9 Å². The molecule has 0 bridgehead atoms. The maximum Gasteiger partial charge on any atom is 0.414 e. The summed E-state index contributed by atoms with van der Waals surface area (Å²) >= 11 is 0. The van der Waals surface area contributed by atoms with Crippen molar-refractivity contribution in [3.63, 3.8) is 0 Å². The van der Waals surface area contributed by atoms with Gasteiger partial charge in [-0.3, -0.25) is 10.6 Å². The van der Waals surface area contributed by atoms with E-state index in [4.69, 9.17) is 29.3 Å². The van der Waals surface area contributed by atoms with Crippen LogP contribution >= 0.6 is 0 Å². The summed E-state index contributed by atoms with van der Waals surface area (Å²) in [6.45, 7) is 5.33. The third-order valence-electron chi connectivity index (χ3n) is 1.44. The Kier molecular flexibility index (Phi) is 9.52. The molecule has 2 aliphatic heterocycles. The molecule has 0 spiro atoms. The van der Waals surface area contributed by atoms with E-state index in [0.717, 1.165) is 39.8 Å². The molecular formula is C8H16N2O6. The SMILES string of the molecule is C1COCN1.C1COCN1.O=C(O)C(=O)O. The molecule has 2 aliphatic rings. The van der Waals surface area contributed by atoms with Crippen LogP contribution in [0.15, 0.2) is 0 Å². The smallest absolute Gasteiger partial charge is 0.414 e. The van der Waals surface area contributed by atoms with Gasteiger partial charge in [-0.05, 0) is 0 Å². The summed E-state index contributed by atoms with van der Waals surface area (Å²) in [5.41, 5.74) is 0. The quantitative estimate of drug-likeness (QED) is 0.367. The molecule has 94 valence electrons. The first-order valence-corrected chi connectivity index (χ1v) is 4.67. The van der Waals surface area contributed by atoms with Crippen LogP contribution in [0.5, 0.6) is 0 Å². The number of ether oxygens (including phenoxy) is 2. The topological polar surface area (TPSA) is 117 Å². The molecule has 0 aromatic heterocycles. The molecule has 0 amide bonds. The zero-order valence-corrected chi connectivity index (χ0v) is 8.77. The molecule has 0 atom stereocenters. The molecular weight excluding hydrogens is 220 g/mol. The molecule has 0 unspecified atom stereocenters. The van der Waals surface area contributed by atoms with Gasteiger partial charge in [0, 0.05) is 13.1 Å². The van der Waals surface area contributed by atoms with Crippen LogP contribution in [0.2, 0.25) is 0 Å². The predicted octanol–water partition coefficient (Wildman–Crippen LogP) is -1.72. The van der Waals surface area contributed by atoms with Gasteiger partial charge in [0.2, 0.25) is 0 Å². The van der Waals surface area contributed by atoms with E-state index in [0.29, 0.717) is 0 Å². The molecule has 2 fully saturated rings. The van der Waals surface area contributed by atoms with Crippen molar-refractivity contribution in [3.05, 3.63) is 0 Å². The van der Waals surface area contributed by atoms with Crippen LogP contribution in [-0.2, 0) is 19.1 Å². The molecule has 0 radical (unpaired) electrons. The Morgan fingerprint density at radius 3 is 1.31 bits per heavy atom. The zero-order valence-electron chi connectivity index (χ0n) is 8.77. The first-order chi connectivity index (χ1) is 7.64. The third-order valence-corrected chi connectivity index (χ3v) is 1.44. The van der Waals surface area contributed by atoms with Crippen LogP contribution in [0.25, 0.3) is 0 Å². The minimum Gasteiger partial charge on any atom is -0.473 e. The highest BCUT2D eigenvalue weighted by atomic mass is 16.5. The lowest BCUT2D eigenvalue weighted by Gasteiger charge is -1.76. The van der Waals surface area contributed by atoms with Crippen LogP contribution in [-0.4, -0.2) is 61.9 Å². The van der Waals surface area contributed by atoms with Gasteiger partial charge in [-0.2, -0.15) is 0 Å². The van der Waals surface area contributed by atoms with E-state index >= 15 is 0 Å². The van der Waals surface area contributed by atoms with Gasteiger partial charge in [0.15, 0.2) is 0 Å². The number of hydrogen-bond donors (Lipinski definition) is 4. The van der Waals surface area contributed by atoms with Crippen LogP contribution in [0.3, 0.4) is 0 Å². The Morgan fingerprint density at radius 1 is 0.875 bits per heavy atom. The standard InChI is InChI=1S/2C3H7NO.C2H2O4/c2*1-2-5-3-4-1;3-1(4)2(5)6/h2*4H,1-3H2;(H,3,4)(H,5,6). The second-order valence-corrected chi connectivity index (χ2v) is 2.72. The Morgan fingerprint density at radius 2 is 1.25 bits per heavy atom. The first kappa shape index (κ1) is 14.8. The van der Waals surface area contributed by atoms with E-state index in [1.165, 1.54) is 0 Å². The van der Waals surface area contributed by atoms with E-state index in [2.05, 4.69) is 10.6 Å². The van der Waals surface area contributed by atoms with Gasteiger partial charge < -0.3 is 19.7 Å². The number of aliphatic carboxylic acids is 2. The van der Waals surface area contributed by atoms with Gasteiger partial charge in [0.25, 0.3) is 0 Å². The van der Waals surface area contributed by atoms with Crippen molar-refractivity contribution in [3.8, 4) is 0 Å². The summed E-state index contributed by atoms with van der Waals surface area (Å²) in [6.07, 6.45) is 0. The van der Waals surface area contributed by atoms with Crippen LogP contribution in [0.4, 0.5) is 0 Å². The van der Waals surface area contributed by atoms with Crippen LogP contribution in [0, 0.1) is 0 Å². The first-order valence-electron chi connectivity index (χ1n) is 4.67. The average molecular weight is 236 g/mol. The second-order valence-electron chi connectivity index (χ2n) is 2.72. The molecule has 0 aromatic rings. The Labute approximate surface area is 92.5 Å². The Balaban J connectivity index is 0.000000211. The van der Waals surface area contributed by atoms with Crippen molar-refractivity contribution >= 4 is 11.9 Å². The molecule has 0 aliphatic carbocycles. The fourth-order valence-electron chi connectivity index (χ4n) is 0.722. The lowest BCUT2D eigenvalue weighted by atomic mass is 10.7. The number of carboxylic acids is 2. The lowest BCUT2D eigenvalue weighted by Crippen LogP contribution is -2.09. The third kappa shape index (κ3) is 10.9. The number of hydrogen-bond acceptors (Lipinski definition) is 6. The lowest BCUT2D eigenvalue weighted by molar-refractivity contribution is -0.159. The molecule has 2 rings (SSSR count). The highest BCUT2D eigenvalue weighted by molar-refractivity contribution is 6.27. The largest absolute Gasteiger partial charge is 0.473 e. The van der Waals surface area contributed by atoms with E-state index in [1.54, 1.807) is 0 Å². The minimum atomic E-state index is -1.82. The van der Waals surface area contributed by atoms with Crippen molar-refractivity contribution in [2.24, 2.45) is 0 Å². The van der Waals surface area contributed by atoms with E-state index in [9.17, 15) is 0 Å². The molecule has 4 N–H and O–H groups in total.